The lowest BCUT2D eigenvalue weighted by molar-refractivity contribution is -0.385. The van der Waals surface area contributed by atoms with Crippen LogP contribution < -0.4 is 5.32 Å². The number of hydrogen-bond donors (Lipinski definition) is 1. The van der Waals surface area contributed by atoms with Crippen molar-refractivity contribution in [3.05, 3.63) is 57.6 Å². The van der Waals surface area contributed by atoms with Gasteiger partial charge in [0.1, 0.15) is 0 Å². The Morgan fingerprint density at radius 3 is 2.57 bits per heavy atom. The zero-order chi connectivity index (χ0) is 22.1. The minimum absolute atomic E-state index is 0.141. The molecular weight excluding hydrogens is 428 g/mol. The zero-order valence-corrected chi connectivity index (χ0v) is 18.2. The van der Waals surface area contributed by atoms with E-state index in [1.165, 1.54) is 41.6 Å². The van der Waals surface area contributed by atoms with Crippen molar-refractivity contribution < 1.29 is 18.1 Å². The molecule has 0 saturated heterocycles. The average molecular weight is 449 g/mol. The van der Waals surface area contributed by atoms with Gasteiger partial charge in [-0.05, 0) is 31.2 Å². The molecule has 0 bridgehead atoms. The number of nitro benzene ring substituents is 1. The van der Waals surface area contributed by atoms with E-state index in [0.29, 0.717) is 23.3 Å². The Morgan fingerprint density at radius 2 is 1.93 bits per heavy atom. The van der Waals surface area contributed by atoms with Gasteiger partial charge in [0.2, 0.25) is 10.0 Å². The number of fused-ring (bicyclic) bond motifs is 1. The van der Waals surface area contributed by atoms with E-state index in [1.807, 2.05) is 0 Å². The Morgan fingerprint density at radius 1 is 1.23 bits per heavy atom. The standard InChI is InChI=1S/C19H20N4O5S2/c1-4-22(5-2)30(27,28)13-9-10-15-17(11-13)29-19(20-15)21-18(24)14-7-6-8-16(12(14)3)23(25)26/h6-11H,4-5H2,1-3H3,(H,20,21,24). The van der Waals surface area contributed by atoms with Crippen molar-refractivity contribution >= 4 is 48.3 Å². The number of aromatic nitrogens is 1. The summed E-state index contributed by atoms with van der Waals surface area (Å²) in [6.45, 7) is 5.79. The number of nitrogens with zero attached hydrogens (tertiary/aromatic N) is 3. The topological polar surface area (TPSA) is 123 Å². The fraction of sp³-hybridized carbons (Fsp3) is 0.263. The largest absolute Gasteiger partial charge is 0.298 e. The number of carbonyl (C=O) groups excluding carboxylic acids is 1. The highest BCUT2D eigenvalue weighted by Gasteiger charge is 2.23. The molecule has 0 fully saturated rings. The van der Waals surface area contributed by atoms with Crippen molar-refractivity contribution in [1.82, 2.24) is 9.29 Å². The first kappa shape index (κ1) is 21.8. The Kier molecular flexibility index (Phi) is 6.15. The number of carbonyl (C=O) groups is 1. The summed E-state index contributed by atoms with van der Waals surface area (Å²) in [6, 6.07) is 8.90. The molecule has 0 spiro atoms. The molecule has 1 amide bonds. The monoisotopic (exact) mass is 448 g/mol. The molecule has 0 saturated carbocycles. The minimum atomic E-state index is -3.61. The van der Waals surface area contributed by atoms with Crippen LogP contribution in [-0.4, -0.2) is 41.6 Å². The van der Waals surface area contributed by atoms with Gasteiger partial charge < -0.3 is 0 Å². The van der Waals surface area contributed by atoms with Crippen LogP contribution in [0.3, 0.4) is 0 Å². The predicted molar refractivity (Wildman–Crippen MR) is 116 cm³/mol. The Bertz CT molecular complexity index is 1230. The molecule has 1 heterocycles. The summed E-state index contributed by atoms with van der Waals surface area (Å²) in [5, 5.41) is 14.0. The molecule has 3 aromatic rings. The molecule has 3 rings (SSSR count). The second-order valence-electron chi connectivity index (χ2n) is 6.40. The quantitative estimate of drug-likeness (QED) is 0.433. The molecule has 0 unspecified atom stereocenters. The third-order valence-corrected chi connectivity index (χ3v) is 7.65. The molecule has 11 heteroatoms. The zero-order valence-electron chi connectivity index (χ0n) is 16.6. The highest BCUT2D eigenvalue weighted by Crippen LogP contribution is 2.30. The third kappa shape index (κ3) is 4.04. The van der Waals surface area contributed by atoms with Gasteiger partial charge in [-0.25, -0.2) is 13.4 Å². The van der Waals surface area contributed by atoms with E-state index in [4.69, 9.17) is 0 Å². The number of nitrogens with one attached hydrogen (secondary N) is 1. The molecule has 1 N–H and O–H groups in total. The van der Waals surface area contributed by atoms with E-state index in [1.54, 1.807) is 19.9 Å². The number of hydrogen-bond acceptors (Lipinski definition) is 7. The molecule has 30 heavy (non-hydrogen) atoms. The summed E-state index contributed by atoms with van der Waals surface area (Å²) >= 11 is 1.13. The van der Waals surface area contributed by atoms with Crippen LogP contribution in [0.5, 0.6) is 0 Å². The van der Waals surface area contributed by atoms with E-state index in [-0.39, 0.29) is 26.8 Å². The lowest BCUT2D eigenvalue weighted by Crippen LogP contribution is -2.30. The van der Waals surface area contributed by atoms with Gasteiger partial charge in [-0.3, -0.25) is 20.2 Å². The molecule has 0 aliphatic heterocycles. The average Bonchev–Trinajstić information content (AvgIpc) is 3.09. The van der Waals surface area contributed by atoms with E-state index >= 15 is 0 Å². The number of benzene rings is 2. The Labute approximate surface area is 177 Å². The number of rotatable bonds is 7. The van der Waals surface area contributed by atoms with Crippen LogP contribution in [0, 0.1) is 17.0 Å². The van der Waals surface area contributed by atoms with E-state index < -0.39 is 20.9 Å². The number of thiazole rings is 1. The summed E-state index contributed by atoms with van der Waals surface area (Å²) in [5.74, 6) is -0.522. The second kappa shape index (κ2) is 8.46. The SMILES string of the molecule is CCN(CC)S(=O)(=O)c1ccc2nc(NC(=O)c3cccc([N+](=O)[O-])c3C)sc2c1. The Hall–Kier alpha value is -2.89. The van der Waals surface area contributed by atoms with Crippen molar-refractivity contribution in [3.8, 4) is 0 Å². The smallest absolute Gasteiger partial charge is 0.273 e. The summed E-state index contributed by atoms with van der Waals surface area (Å²) in [4.78, 5) is 27.6. The molecule has 0 radical (unpaired) electrons. The number of sulfonamides is 1. The van der Waals surface area contributed by atoms with Gasteiger partial charge in [0.25, 0.3) is 11.6 Å². The van der Waals surface area contributed by atoms with Crippen LogP contribution in [0.15, 0.2) is 41.3 Å². The summed E-state index contributed by atoms with van der Waals surface area (Å²) in [7, 11) is -3.61. The molecule has 158 valence electrons. The van der Waals surface area contributed by atoms with E-state index in [2.05, 4.69) is 10.3 Å². The fourth-order valence-corrected chi connectivity index (χ4v) is 5.52. The van der Waals surface area contributed by atoms with Crippen LogP contribution in [-0.2, 0) is 10.0 Å². The molecule has 2 aromatic carbocycles. The predicted octanol–water partition coefficient (Wildman–Crippen LogP) is 3.80. The first-order valence-electron chi connectivity index (χ1n) is 9.15. The number of amides is 1. The van der Waals surface area contributed by atoms with Crippen molar-refractivity contribution in [3.63, 3.8) is 0 Å². The summed E-state index contributed by atoms with van der Waals surface area (Å²) in [6.07, 6.45) is 0. The van der Waals surface area contributed by atoms with Crippen LogP contribution in [0.2, 0.25) is 0 Å². The summed E-state index contributed by atoms with van der Waals surface area (Å²) in [5.41, 5.74) is 0.838. The minimum Gasteiger partial charge on any atom is -0.298 e. The van der Waals surface area contributed by atoms with Crippen molar-refractivity contribution in [2.24, 2.45) is 0 Å². The number of nitro groups is 1. The highest BCUT2D eigenvalue weighted by molar-refractivity contribution is 7.89. The molecule has 9 nitrogen and oxygen atoms in total. The lowest BCUT2D eigenvalue weighted by Gasteiger charge is -2.18. The fourth-order valence-electron chi connectivity index (χ4n) is 3.06. The Balaban J connectivity index is 1.91. The highest BCUT2D eigenvalue weighted by atomic mass is 32.2. The van der Waals surface area contributed by atoms with Crippen molar-refractivity contribution in [1.29, 1.82) is 0 Å². The lowest BCUT2D eigenvalue weighted by atomic mass is 10.1. The van der Waals surface area contributed by atoms with Gasteiger partial charge in [0, 0.05) is 30.3 Å². The van der Waals surface area contributed by atoms with Gasteiger partial charge in [-0.2, -0.15) is 4.31 Å². The third-order valence-electron chi connectivity index (χ3n) is 4.67. The van der Waals surface area contributed by atoms with Crippen LogP contribution in [0.1, 0.15) is 29.8 Å². The van der Waals surface area contributed by atoms with Gasteiger partial charge in [-0.1, -0.05) is 31.3 Å². The van der Waals surface area contributed by atoms with E-state index in [0.717, 1.165) is 11.3 Å². The molecule has 0 aliphatic rings. The summed E-state index contributed by atoms with van der Waals surface area (Å²) < 4.78 is 27.4. The maximum Gasteiger partial charge on any atom is 0.273 e. The van der Waals surface area contributed by atoms with Crippen LogP contribution >= 0.6 is 11.3 Å². The molecular formula is C19H20N4O5S2. The second-order valence-corrected chi connectivity index (χ2v) is 9.37. The molecule has 1 aromatic heterocycles. The first-order valence-corrected chi connectivity index (χ1v) is 11.4. The van der Waals surface area contributed by atoms with Crippen LogP contribution in [0.25, 0.3) is 10.2 Å². The number of anilines is 1. The van der Waals surface area contributed by atoms with Crippen LogP contribution in [0.4, 0.5) is 10.8 Å². The molecule has 0 atom stereocenters. The maximum absolute atomic E-state index is 12.7. The van der Waals surface area contributed by atoms with Gasteiger partial charge in [0.15, 0.2) is 5.13 Å². The van der Waals surface area contributed by atoms with Gasteiger partial charge >= 0.3 is 0 Å². The van der Waals surface area contributed by atoms with Gasteiger partial charge in [-0.15, -0.1) is 0 Å². The van der Waals surface area contributed by atoms with Gasteiger partial charge in [0.05, 0.1) is 20.0 Å². The first-order chi connectivity index (χ1) is 14.2. The maximum atomic E-state index is 12.7. The normalized spacial score (nSPS) is 11.7. The molecule has 0 aliphatic carbocycles. The van der Waals surface area contributed by atoms with Crippen molar-refractivity contribution in [2.75, 3.05) is 18.4 Å². The van der Waals surface area contributed by atoms with Crippen molar-refractivity contribution in [2.45, 2.75) is 25.7 Å². The van der Waals surface area contributed by atoms with E-state index in [9.17, 15) is 23.3 Å².